The molecule has 10 heteroatoms. The minimum Gasteiger partial charge on any atom is -0.491 e. The van der Waals surface area contributed by atoms with Gasteiger partial charge in [-0.2, -0.15) is 8.78 Å². The Morgan fingerprint density at radius 3 is 2.67 bits per heavy atom. The van der Waals surface area contributed by atoms with E-state index < -0.39 is 18.4 Å². The van der Waals surface area contributed by atoms with Crippen LogP contribution in [0.2, 0.25) is 0 Å². The van der Waals surface area contributed by atoms with Crippen LogP contribution in [0.15, 0.2) is 42.5 Å². The van der Waals surface area contributed by atoms with Gasteiger partial charge < -0.3 is 24.4 Å². The van der Waals surface area contributed by atoms with Gasteiger partial charge in [-0.25, -0.2) is 0 Å². The summed E-state index contributed by atoms with van der Waals surface area (Å²) < 4.78 is 36.5. The number of ether oxygens (including phenoxy) is 2. The number of nitrogens with zero attached hydrogens (tertiary/aromatic N) is 3. The maximum atomic E-state index is 13.2. The van der Waals surface area contributed by atoms with Crippen LogP contribution < -0.4 is 9.47 Å². The molecule has 192 valence electrons. The van der Waals surface area contributed by atoms with Gasteiger partial charge in [0.25, 0.3) is 11.8 Å². The van der Waals surface area contributed by atoms with Gasteiger partial charge in [-0.1, -0.05) is 24.3 Å². The van der Waals surface area contributed by atoms with Gasteiger partial charge >= 0.3 is 6.43 Å². The van der Waals surface area contributed by atoms with Gasteiger partial charge in [0.2, 0.25) is 0 Å². The average molecular weight is 502 g/mol. The van der Waals surface area contributed by atoms with Crippen LogP contribution in [0.25, 0.3) is 0 Å². The fraction of sp³-hybridized carbons (Fsp3) is 0.462. The van der Waals surface area contributed by atoms with Gasteiger partial charge in [-0.3, -0.25) is 14.5 Å². The molecule has 0 bridgehead atoms. The molecule has 2 aromatic carbocycles. The van der Waals surface area contributed by atoms with Crippen molar-refractivity contribution in [2.45, 2.75) is 31.6 Å². The van der Waals surface area contributed by atoms with Crippen LogP contribution in [0.5, 0.6) is 11.5 Å². The highest BCUT2D eigenvalue weighted by molar-refractivity contribution is 5.97. The predicted molar refractivity (Wildman–Crippen MR) is 126 cm³/mol. The summed E-state index contributed by atoms with van der Waals surface area (Å²) in [6, 6.07) is 13.2. The standard InChI is InChI=1S/C26H29F2N3O5/c27-24(28)26(34)31-15-21(16-31)36-20-5-6-22-23(11-20)35-10-9-30(25(22)33)14-19(32)13-29-8-7-17-3-1-2-4-18(17)12-29/h1-6,11,19,21,24,32H,7-10,12-16H2/t19-/m1/s1. The van der Waals surface area contributed by atoms with E-state index in [4.69, 9.17) is 9.47 Å². The summed E-state index contributed by atoms with van der Waals surface area (Å²) in [6.07, 6.45) is -3.16. The summed E-state index contributed by atoms with van der Waals surface area (Å²) in [6.45, 7) is 3.13. The van der Waals surface area contributed by atoms with Crippen molar-refractivity contribution in [1.29, 1.82) is 0 Å². The molecular formula is C26H29F2N3O5. The molecule has 0 spiro atoms. The van der Waals surface area contributed by atoms with Crippen molar-refractivity contribution in [2.24, 2.45) is 0 Å². The van der Waals surface area contributed by atoms with Crippen molar-refractivity contribution in [2.75, 3.05) is 45.9 Å². The molecular weight excluding hydrogens is 472 g/mol. The number of aliphatic hydroxyl groups is 1. The van der Waals surface area contributed by atoms with E-state index in [1.807, 2.05) is 12.1 Å². The number of carbonyl (C=O) groups is 2. The Bertz CT molecular complexity index is 1120. The number of benzene rings is 2. The lowest BCUT2D eigenvalue weighted by Gasteiger charge is -2.38. The quantitative estimate of drug-likeness (QED) is 0.623. The highest BCUT2D eigenvalue weighted by atomic mass is 19.3. The van der Waals surface area contributed by atoms with E-state index in [9.17, 15) is 23.5 Å². The number of rotatable bonds is 7. The van der Waals surface area contributed by atoms with E-state index in [-0.39, 0.29) is 38.3 Å². The van der Waals surface area contributed by atoms with Gasteiger partial charge in [-0.15, -0.1) is 0 Å². The number of β-amino-alcohol motifs (C(OH)–C–C–N with tert-alkyl or cyclic N) is 1. The Morgan fingerprint density at radius 1 is 1.11 bits per heavy atom. The molecule has 0 unspecified atom stereocenters. The Morgan fingerprint density at radius 2 is 1.89 bits per heavy atom. The van der Waals surface area contributed by atoms with Crippen molar-refractivity contribution < 1.29 is 33.0 Å². The maximum Gasteiger partial charge on any atom is 0.315 e. The number of hydrogen-bond acceptors (Lipinski definition) is 6. The number of likely N-dealkylation sites (tertiary alicyclic amines) is 1. The lowest BCUT2D eigenvalue weighted by atomic mass is 10.00. The first-order valence-corrected chi connectivity index (χ1v) is 12.1. The van der Waals surface area contributed by atoms with E-state index in [1.165, 1.54) is 11.1 Å². The molecule has 1 atom stereocenters. The zero-order valence-corrected chi connectivity index (χ0v) is 19.8. The van der Waals surface area contributed by atoms with E-state index in [1.54, 1.807) is 23.1 Å². The van der Waals surface area contributed by atoms with Crippen LogP contribution in [0.1, 0.15) is 21.5 Å². The third-order valence-corrected chi connectivity index (χ3v) is 6.85. The first-order chi connectivity index (χ1) is 17.4. The van der Waals surface area contributed by atoms with Gasteiger partial charge in [0.05, 0.1) is 31.3 Å². The van der Waals surface area contributed by atoms with Crippen LogP contribution in [0, 0.1) is 0 Å². The van der Waals surface area contributed by atoms with Crippen molar-refractivity contribution in [3.05, 3.63) is 59.2 Å². The molecule has 36 heavy (non-hydrogen) atoms. The highest BCUT2D eigenvalue weighted by Gasteiger charge is 2.36. The summed E-state index contributed by atoms with van der Waals surface area (Å²) in [4.78, 5) is 29.3. The predicted octanol–water partition coefficient (Wildman–Crippen LogP) is 1.80. The number of carbonyl (C=O) groups excluding carboxylic acids is 2. The molecule has 1 fully saturated rings. The SMILES string of the molecule is O=C1c2ccc(OC3CN(C(=O)C(F)F)C3)cc2OCCN1C[C@H](O)CN1CCc2ccccc2C1. The number of amides is 2. The Hall–Kier alpha value is -3.24. The van der Waals surface area contributed by atoms with E-state index in [0.29, 0.717) is 30.2 Å². The minimum absolute atomic E-state index is 0.0916. The Labute approximate surface area is 208 Å². The number of hydrogen-bond donors (Lipinski definition) is 1. The smallest absolute Gasteiger partial charge is 0.315 e. The third-order valence-electron chi connectivity index (χ3n) is 6.85. The topological polar surface area (TPSA) is 82.5 Å². The van der Waals surface area contributed by atoms with Crippen molar-refractivity contribution in [1.82, 2.24) is 14.7 Å². The monoisotopic (exact) mass is 501 g/mol. The van der Waals surface area contributed by atoms with Crippen LogP contribution in [-0.4, -0.2) is 96.1 Å². The Balaban J connectivity index is 1.16. The van der Waals surface area contributed by atoms with E-state index in [0.717, 1.165) is 24.4 Å². The third kappa shape index (κ3) is 5.29. The molecule has 5 rings (SSSR count). The fourth-order valence-corrected chi connectivity index (χ4v) is 4.93. The fourth-order valence-electron chi connectivity index (χ4n) is 4.93. The Kier molecular flexibility index (Phi) is 7.06. The molecule has 1 N–H and O–H groups in total. The number of fused-ring (bicyclic) bond motifs is 2. The molecule has 3 aliphatic heterocycles. The van der Waals surface area contributed by atoms with Crippen molar-refractivity contribution >= 4 is 11.8 Å². The average Bonchev–Trinajstić information content (AvgIpc) is 2.99. The highest BCUT2D eigenvalue weighted by Crippen LogP contribution is 2.30. The number of alkyl halides is 2. The van der Waals surface area contributed by atoms with E-state index >= 15 is 0 Å². The molecule has 8 nitrogen and oxygen atoms in total. The van der Waals surface area contributed by atoms with Gasteiger partial charge in [0.1, 0.15) is 24.2 Å². The first-order valence-electron chi connectivity index (χ1n) is 12.1. The van der Waals surface area contributed by atoms with Gasteiger partial charge in [0, 0.05) is 32.2 Å². The zero-order valence-electron chi connectivity index (χ0n) is 19.8. The van der Waals surface area contributed by atoms with Crippen LogP contribution in [0.4, 0.5) is 8.78 Å². The van der Waals surface area contributed by atoms with Gasteiger partial charge in [-0.05, 0) is 29.7 Å². The molecule has 3 heterocycles. The summed E-state index contributed by atoms with van der Waals surface area (Å²) in [5.74, 6) is -0.607. The zero-order chi connectivity index (χ0) is 25.2. The second kappa shape index (κ2) is 10.4. The summed E-state index contributed by atoms with van der Waals surface area (Å²) in [7, 11) is 0. The van der Waals surface area contributed by atoms with Crippen LogP contribution >= 0.6 is 0 Å². The first kappa shape index (κ1) is 24.5. The molecule has 3 aliphatic rings. The molecule has 0 aliphatic carbocycles. The van der Waals surface area contributed by atoms with E-state index in [2.05, 4.69) is 17.0 Å². The van der Waals surface area contributed by atoms with Gasteiger partial charge in [0.15, 0.2) is 0 Å². The van der Waals surface area contributed by atoms with Crippen LogP contribution in [-0.2, 0) is 17.8 Å². The maximum absolute atomic E-state index is 13.2. The molecule has 1 saturated heterocycles. The lowest BCUT2D eigenvalue weighted by Crippen LogP contribution is -2.57. The second-order valence-electron chi connectivity index (χ2n) is 9.45. The number of aliphatic hydroxyl groups excluding tert-OH is 1. The molecule has 2 amide bonds. The normalized spacial score (nSPS) is 19.2. The molecule has 0 aromatic heterocycles. The van der Waals surface area contributed by atoms with Crippen LogP contribution in [0.3, 0.4) is 0 Å². The molecule has 0 radical (unpaired) electrons. The van der Waals surface area contributed by atoms with Crippen molar-refractivity contribution in [3.63, 3.8) is 0 Å². The molecule has 0 saturated carbocycles. The van der Waals surface area contributed by atoms with Crippen molar-refractivity contribution in [3.8, 4) is 11.5 Å². The summed E-state index contributed by atoms with van der Waals surface area (Å²) in [5, 5.41) is 10.8. The number of halogens is 2. The lowest BCUT2D eigenvalue weighted by molar-refractivity contribution is -0.151. The largest absolute Gasteiger partial charge is 0.491 e. The summed E-state index contributed by atoms with van der Waals surface area (Å²) in [5.41, 5.74) is 3.00. The minimum atomic E-state index is -3.02. The second-order valence-corrected chi connectivity index (χ2v) is 9.45. The summed E-state index contributed by atoms with van der Waals surface area (Å²) >= 11 is 0. The molecule has 2 aromatic rings.